The third kappa shape index (κ3) is 3.96. The quantitative estimate of drug-likeness (QED) is 0.855. The van der Waals surface area contributed by atoms with Gasteiger partial charge in [0.15, 0.2) is 0 Å². The molecule has 0 saturated carbocycles. The van der Waals surface area contributed by atoms with Crippen LogP contribution in [0.25, 0.3) is 0 Å². The van der Waals surface area contributed by atoms with Gasteiger partial charge in [0.25, 0.3) is 0 Å². The highest BCUT2D eigenvalue weighted by molar-refractivity contribution is 6.31. The van der Waals surface area contributed by atoms with E-state index in [9.17, 15) is 4.39 Å². The van der Waals surface area contributed by atoms with Crippen LogP contribution in [-0.2, 0) is 6.42 Å². The van der Waals surface area contributed by atoms with Crippen LogP contribution in [-0.4, -0.2) is 13.7 Å². The molecule has 0 bridgehead atoms. The number of ether oxygens (including phenoxy) is 1. The number of nitrogens with one attached hydrogen (secondary N) is 1. The van der Waals surface area contributed by atoms with Gasteiger partial charge in [-0.15, -0.1) is 0 Å². The highest BCUT2D eigenvalue weighted by Gasteiger charge is 2.16. The molecule has 2 aromatic rings. The first-order valence-electron chi connectivity index (χ1n) is 6.96. The third-order valence-electron chi connectivity index (χ3n) is 3.42. The normalized spacial score (nSPS) is 12.2. The van der Waals surface area contributed by atoms with E-state index in [0.29, 0.717) is 22.8 Å². The molecule has 0 heterocycles. The minimum Gasteiger partial charge on any atom is -0.497 e. The molecule has 1 N–H and O–H groups in total. The largest absolute Gasteiger partial charge is 0.497 e. The Labute approximate surface area is 129 Å². The number of benzene rings is 2. The Kier molecular flexibility index (Phi) is 5.59. The van der Waals surface area contributed by atoms with E-state index in [1.54, 1.807) is 25.3 Å². The minimum absolute atomic E-state index is 0.0368. The number of hydrogen-bond donors (Lipinski definition) is 1. The Bertz CT molecular complexity index is 603. The number of likely N-dealkylation sites (N-methyl/N-ethyl adjacent to an activating group) is 1. The lowest BCUT2D eigenvalue weighted by molar-refractivity contribution is 0.414. The van der Waals surface area contributed by atoms with Crippen LogP contribution >= 0.6 is 11.6 Å². The van der Waals surface area contributed by atoms with Gasteiger partial charge in [-0.25, -0.2) is 4.39 Å². The molecule has 4 heteroatoms. The van der Waals surface area contributed by atoms with Gasteiger partial charge in [0.05, 0.1) is 7.11 Å². The smallest absolute Gasteiger partial charge is 0.126 e. The van der Waals surface area contributed by atoms with E-state index in [-0.39, 0.29) is 11.9 Å². The molecule has 0 aliphatic carbocycles. The van der Waals surface area contributed by atoms with Crippen molar-refractivity contribution in [3.63, 3.8) is 0 Å². The van der Waals surface area contributed by atoms with Gasteiger partial charge in [-0.3, -0.25) is 0 Å². The van der Waals surface area contributed by atoms with Crippen LogP contribution in [0, 0.1) is 5.82 Å². The fraction of sp³-hybridized carbons (Fsp3) is 0.294. The minimum atomic E-state index is -0.190. The molecule has 0 radical (unpaired) electrons. The molecule has 2 rings (SSSR count). The van der Waals surface area contributed by atoms with Gasteiger partial charge in [0, 0.05) is 11.1 Å². The van der Waals surface area contributed by atoms with Crippen molar-refractivity contribution in [1.82, 2.24) is 5.32 Å². The number of methoxy groups -OCH3 is 1. The molecular weight excluding hydrogens is 289 g/mol. The zero-order valence-corrected chi connectivity index (χ0v) is 13.0. The van der Waals surface area contributed by atoms with E-state index >= 15 is 0 Å². The lowest BCUT2D eigenvalue weighted by Crippen LogP contribution is -2.23. The molecular formula is C17H19ClFNO. The highest BCUT2D eigenvalue weighted by atomic mass is 35.5. The maximum atomic E-state index is 13.8. The van der Waals surface area contributed by atoms with Gasteiger partial charge >= 0.3 is 0 Å². The standard InChI is InChI=1S/C17H19ClFNO/c1-3-20-17(10-12-6-4-5-7-16(12)19)14-9-8-13(21-2)11-15(14)18/h4-9,11,17,20H,3,10H2,1-2H3. The van der Waals surface area contributed by atoms with E-state index in [0.717, 1.165) is 12.1 Å². The summed E-state index contributed by atoms with van der Waals surface area (Å²) in [4.78, 5) is 0. The van der Waals surface area contributed by atoms with E-state index in [1.165, 1.54) is 6.07 Å². The van der Waals surface area contributed by atoms with Crippen molar-refractivity contribution in [3.8, 4) is 5.75 Å². The molecule has 0 saturated heterocycles. The molecule has 0 aliphatic rings. The van der Waals surface area contributed by atoms with Gasteiger partial charge in [-0.1, -0.05) is 42.8 Å². The van der Waals surface area contributed by atoms with Crippen LogP contribution in [0.15, 0.2) is 42.5 Å². The van der Waals surface area contributed by atoms with Crippen molar-refractivity contribution in [2.45, 2.75) is 19.4 Å². The molecule has 0 amide bonds. The SMILES string of the molecule is CCNC(Cc1ccccc1F)c1ccc(OC)cc1Cl. The summed E-state index contributed by atoms with van der Waals surface area (Å²) < 4.78 is 19.0. The average Bonchev–Trinajstić information content (AvgIpc) is 2.49. The predicted molar refractivity (Wildman–Crippen MR) is 84.5 cm³/mol. The molecule has 1 unspecified atom stereocenters. The second-order valence-corrected chi connectivity index (χ2v) is 5.20. The first kappa shape index (κ1) is 15.8. The molecule has 2 nitrogen and oxygen atoms in total. The number of halogens is 2. The number of rotatable bonds is 6. The van der Waals surface area contributed by atoms with Gasteiger partial charge in [0.2, 0.25) is 0 Å². The first-order valence-corrected chi connectivity index (χ1v) is 7.33. The predicted octanol–water partition coefficient (Wildman–Crippen LogP) is 4.38. The van der Waals surface area contributed by atoms with Gasteiger partial charge in [-0.05, 0) is 42.3 Å². The summed E-state index contributed by atoms with van der Waals surface area (Å²) in [5, 5.41) is 3.98. The van der Waals surface area contributed by atoms with E-state index in [4.69, 9.17) is 16.3 Å². The van der Waals surface area contributed by atoms with E-state index in [2.05, 4.69) is 5.32 Å². The van der Waals surface area contributed by atoms with Gasteiger partial charge in [-0.2, -0.15) is 0 Å². The van der Waals surface area contributed by atoms with Gasteiger partial charge < -0.3 is 10.1 Å². The van der Waals surface area contributed by atoms with Crippen LogP contribution in [0.1, 0.15) is 24.1 Å². The van der Waals surface area contributed by atoms with Crippen molar-refractivity contribution >= 4 is 11.6 Å². The fourth-order valence-corrected chi connectivity index (χ4v) is 2.64. The van der Waals surface area contributed by atoms with Gasteiger partial charge in [0.1, 0.15) is 11.6 Å². The third-order valence-corrected chi connectivity index (χ3v) is 3.74. The summed E-state index contributed by atoms with van der Waals surface area (Å²) >= 11 is 6.33. The summed E-state index contributed by atoms with van der Waals surface area (Å²) in [5.41, 5.74) is 1.62. The monoisotopic (exact) mass is 307 g/mol. The first-order chi connectivity index (χ1) is 10.2. The maximum Gasteiger partial charge on any atom is 0.126 e. The van der Waals surface area contributed by atoms with Crippen LogP contribution in [0.2, 0.25) is 5.02 Å². The van der Waals surface area contributed by atoms with E-state index in [1.807, 2.05) is 25.1 Å². The average molecular weight is 308 g/mol. The van der Waals surface area contributed by atoms with Crippen LogP contribution in [0.4, 0.5) is 4.39 Å². The Hall–Kier alpha value is -1.58. The zero-order chi connectivity index (χ0) is 15.2. The summed E-state index contributed by atoms with van der Waals surface area (Å²) in [6.07, 6.45) is 0.548. The van der Waals surface area contributed by atoms with Crippen molar-refractivity contribution in [1.29, 1.82) is 0 Å². The molecule has 1 atom stereocenters. The van der Waals surface area contributed by atoms with E-state index < -0.39 is 0 Å². The molecule has 21 heavy (non-hydrogen) atoms. The van der Waals surface area contributed by atoms with Crippen molar-refractivity contribution in [2.24, 2.45) is 0 Å². The second-order valence-electron chi connectivity index (χ2n) is 4.79. The maximum absolute atomic E-state index is 13.8. The molecule has 0 aromatic heterocycles. The van der Waals surface area contributed by atoms with Crippen LogP contribution in [0.3, 0.4) is 0 Å². The molecule has 0 aliphatic heterocycles. The van der Waals surface area contributed by atoms with Crippen molar-refractivity contribution in [3.05, 3.63) is 64.4 Å². The topological polar surface area (TPSA) is 21.3 Å². The van der Waals surface area contributed by atoms with Crippen molar-refractivity contribution in [2.75, 3.05) is 13.7 Å². The van der Waals surface area contributed by atoms with Crippen molar-refractivity contribution < 1.29 is 9.13 Å². The fourth-order valence-electron chi connectivity index (χ4n) is 2.34. The summed E-state index contributed by atoms with van der Waals surface area (Å²) in [5.74, 6) is 0.523. The lowest BCUT2D eigenvalue weighted by Gasteiger charge is -2.20. The van der Waals surface area contributed by atoms with Crippen LogP contribution < -0.4 is 10.1 Å². The second kappa shape index (κ2) is 7.43. The summed E-state index contributed by atoms with van der Waals surface area (Å²) in [6, 6.07) is 12.4. The molecule has 0 fully saturated rings. The Morgan fingerprint density at radius 3 is 2.62 bits per heavy atom. The molecule has 0 spiro atoms. The zero-order valence-electron chi connectivity index (χ0n) is 12.2. The summed E-state index contributed by atoms with van der Waals surface area (Å²) in [7, 11) is 1.60. The lowest BCUT2D eigenvalue weighted by atomic mass is 9.98. The summed E-state index contributed by atoms with van der Waals surface area (Å²) in [6.45, 7) is 2.80. The molecule has 2 aromatic carbocycles. The molecule has 112 valence electrons. The Morgan fingerprint density at radius 2 is 2.00 bits per heavy atom. The number of hydrogen-bond acceptors (Lipinski definition) is 2. The Morgan fingerprint density at radius 1 is 1.24 bits per heavy atom. The van der Waals surface area contributed by atoms with Crippen LogP contribution in [0.5, 0.6) is 5.75 Å². The highest BCUT2D eigenvalue weighted by Crippen LogP contribution is 2.29. The Balaban J connectivity index is 2.29.